The Morgan fingerprint density at radius 2 is 1.96 bits per heavy atom. The number of ether oxygens (including phenoxy) is 1. The number of rotatable bonds is 5. The molecule has 0 fully saturated rings. The van der Waals surface area contributed by atoms with E-state index in [9.17, 15) is 4.21 Å². The summed E-state index contributed by atoms with van der Waals surface area (Å²) in [6, 6.07) is 7.52. The maximum absolute atomic E-state index is 12.9. The second-order valence-corrected chi connectivity index (χ2v) is 6.74. The molecule has 2 aromatic heterocycles. The van der Waals surface area contributed by atoms with E-state index in [4.69, 9.17) is 9.57 Å². The predicted octanol–water partition coefficient (Wildman–Crippen LogP) is 2.42. The first-order valence-corrected chi connectivity index (χ1v) is 8.78. The summed E-state index contributed by atoms with van der Waals surface area (Å²) in [6.07, 6.45) is 1.73. The first kappa shape index (κ1) is 16.4. The number of para-hydroxylation sites is 2. The van der Waals surface area contributed by atoms with Crippen molar-refractivity contribution in [3.63, 3.8) is 0 Å². The fourth-order valence-corrected chi connectivity index (χ4v) is 3.93. The van der Waals surface area contributed by atoms with Crippen LogP contribution < -0.4 is 9.57 Å². The minimum Gasteiger partial charge on any atom is -0.496 e. The molecule has 2 heterocycles. The van der Waals surface area contributed by atoms with E-state index in [0.717, 1.165) is 33.6 Å². The van der Waals surface area contributed by atoms with Crippen molar-refractivity contribution < 1.29 is 13.8 Å². The van der Waals surface area contributed by atoms with Gasteiger partial charge < -0.3 is 9.57 Å². The molecular formula is C17H19N3O3S. The summed E-state index contributed by atoms with van der Waals surface area (Å²) in [5.74, 6) is 1.02. The molecule has 0 spiro atoms. The van der Waals surface area contributed by atoms with Crippen molar-refractivity contribution in [2.45, 2.75) is 24.8 Å². The molecule has 7 heteroatoms. The summed E-state index contributed by atoms with van der Waals surface area (Å²) in [5.41, 5.74) is 4.11. The van der Waals surface area contributed by atoms with Gasteiger partial charge in [0, 0.05) is 17.3 Å². The Morgan fingerprint density at radius 3 is 2.67 bits per heavy atom. The number of nitrogens with zero attached hydrogens (tertiary/aromatic N) is 3. The molecule has 0 saturated heterocycles. The Morgan fingerprint density at radius 1 is 1.21 bits per heavy atom. The van der Waals surface area contributed by atoms with Crippen molar-refractivity contribution in [3.8, 4) is 5.75 Å². The standard InChI is InChI=1S/C17H19N3O3S/c1-11-9-18-14(12(2)16(11)22-3)10-24(21)17-19-13-7-5-6-8-15(13)20(17)23-4/h5-9H,10H2,1-4H3/t24-/m1/s1. The highest BCUT2D eigenvalue weighted by Crippen LogP contribution is 2.26. The molecule has 0 aliphatic carbocycles. The van der Waals surface area contributed by atoms with Gasteiger partial charge in [-0.05, 0) is 26.0 Å². The Hall–Kier alpha value is -2.41. The van der Waals surface area contributed by atoms with Gasteiger partial charge in [0.05, 0.1) is 34.9 Å². The van der Waals surface area contributed by atoms with Crippen molar-refractivity contribution in [1.29, 1.82) is 0 Å². The van der Waals surface area contributed by atoms with Crippen LogP contribution in [0.15, 0.2) is 35.6 Å². The van der Waals surface area contributed by atoms with Crippen molar-refractivity contribution in [2.24, 2.45) is 0 Å². The molecule has 0 bridgehead atoms. The molecule has 1 aromatic carbocycles. The van der Waals surface area contributed by atoms with E-state index in [1.807, 2.05) is 38.1 Å². The molecule has 0 N–H and O–H groups in total. The largest absolute Gasteiger partial charge is 0.496 e. The number of fused-ring (bicyclic) bond motifs is 1. The molecule has 0 amide bonds. The van der Waals surface area contributed by atoms with Crippen LogP contribution in [-0.2, 0) is 16.6 Å². The van der Waals surface area contributed by atoms with E-state index in [2.05, 4.69) is 9.97 Å². The first-order chi connectivity index (χ1) is 11.6. The normalized spacial score (nSPS) is 12.3. The maximum atomic E-state index is 12.9. The molecule has 0 saturated carbocycles. The minimum atomic E-state index is -1.40. The van der Waals surface area contributed by atoms with Gasteiger partial charge in [-0.25, -0.2) is 4.98 Å². The summed E-state index contributed by atoms with van der Waals surface area (Å²) in [5, 5.41) is 0.374. The molecule has 6 nitrogen and oxygen atoms in total. The van der Waals surface area contributed by atoms with Crippen LogP contribution in [0.2, 0.25) is 0 Å². The zero-order valence-corrected chi connectivity index (χ0v) is 14.9. The van der Waals surface area contributed by atoms with Crippen molar-refractivity contribution in [3.05, 3.63) is 47.3 Å². The van der Waals surface area contributed by atoms with Crippen LogP contribution in [0.1, 0.15) is 16.8 Å². The number of aryl methyl sites for hydroxylation is 1. The van der Waals surface area contributed by atoms with Crippen molar-refractivity contribution in [2.75, 3.05) is 14.2 Å². The molecule has 0 unspecified atom stereocenters. The van der Waals surface area contributed by atoms with Crippen LogP contribution in [-0.4, -0.2) is 33.1 Å². The summed E-state index contributed by atoms with van der Waals surface area (Å²) < 4.78 is 19.8. The highest BCUT2D eigenvalue weighted by Gasteiger charge is 2.20. The van der Waals surface area contributed by atoms with Crippen LogP contribution >= 0.6 is 0 Å². The summed E-state index contributed by atoms with van der Waals surface area (Å²) in [7, 11) is 1.76. The number of hydrogen-bond acceptors (Lipinski definition) is 5. The van der Waals surface area contributed by atoms with E-state index in [1.54, 1.807) is 13.3 Å². The second-order valence-electron chi connectivity index (χ2n) is 5.40. The van der Waals surface area contributed by atoms with E-state index in [-0.39, 0.29) is 5.75 Å². The van der Waals surface area contributed by atoms with Crippen LogP contribution in [0.25, 0.3) is 11.0 Å². The fraction of sp³-hybridized carbons (Fsp3) is 0.294. The first-order valence-electron chi connectivity index (χ1n) is 7.46. The smallest absolute Gasteiger partial charge is 0.234 e. The molecule has 3 aromatic rings. The lowest BCUT2D eigenvalue weighted by Gasteiger charge is -2.12. The van der Waals surface area contributed by atoms with Gasteiger partial charge in [0.2, 0.25) is 5.16 Å². The molecule has 24 heavy (non-hydrogen) atoms. The van der Waals surface area contributed by atoms with E-state index in [0.29, 0.717) is 5.16 Å². The Labute approximate surface area is 142 Å². The fourth-order valence-electron chi connectivity index (χ4n) is 2.71. The number of methoxy groups -OCH3 is 1. The van der Waals surface area contributed by atoms with Crippen molar-refractivity contribution >= 4 is 21.8 Å². The van der Waals surface area contributed by atoms with E-state index < -0.39 is 10.8 Å². The molecule has 0 aliphatic heterocycles. The predicted molar refractivity (Wildman–Crippen MR) is 92.6 cm³/mol. The summed E-state index contributed by atoms with van der Waals surface area (Å²) >= 11 is 0. The number of aromatic nitrogens is 3. The Kier molecular flexibility index (Phi) is 4.53. The summed E-state index contributed by atoms with van der Waals surface area (Å²) in [4.78, 5) is 14.2. The lowest BCUT2D eigenvalue weighted by molar-refractivity contribution is 0.154. The Balaban J connectivity index is 1.99. The average molecular weight is 345 g/mol. The van der Waals surface area contributed by atoms with Crippen LogP contribution in [0, 0.1) is 13.8 Å². The van der Waals surface area contributed by atoms with Gasteiger partial charge in [-0.2, -0.15) is 4.73 Å². The molecule has 3 rings (SSSR count). The van der Waals surface area contributed by atoms with Crippen molar-refractivity contribution in [1.82, 2.24) is 14.7 Å². The van der Waals surface area contributed by atoms with E-state index in [1.165, 1.54) is 11.8 Å². The number of pyridine rings is 1. The monoisotopic (exact) mass is 345 g/mol. The quantitative estimate of drug-likeness (QED) is 0.710. The molecule has 0 radical (unpaired) electrons. The number of imidazole rings is 1. The topological polar surface area (TPSA) is 66.2 Å². The van der Waals surface area contributed by atoms with Gasteiger partial charge in [0.15, 0.2) is 0 Å². The maximum Gasteiger partial charge on any atom is 0.234 e. The Bertz CT molecular complexity index is 921. The highest BCUT2D eigenvalue weighted by molar-refractivity contribution is 7.84. The zero-order chi connectivity index (χ0) is 17.3. The highest BCUT2D eigenvalue weighted by atomic mass is 32.2. The van der Waals surface area contributed by atoms with Gasteiger partial charge in [0.1, 0.15) is 18.4 Å². The zero-order valence-electron chi connectivity index (χ0n) is 14.1. The minimum absolute atomic E-state index is 0.245. The van der Waals surface area contributed by atoms with Crippen LogP contribution in [0.3, 0.4) is 0 Å². The van der Waals surface area contributed by atoms with Gasteiger partial charge in [-0.1, -0.05) is 12.1 Å². The molecule has 126 valence electrons. The van der Waals surface area contributed by atoms with Crippen LogP contribution in [0.4, 0.5) is 0 Å². The van der Waals surface area contributed by atoms with Gasteiger partial charge in [0.25, 0.3) is 0 Å². The lowest BCUT2D eigenvalue weighted by Crippen LogP contribution is -2.13. The average Bonchev–Trinajstić information content (AvgIpc) is 2.96. The van der Waals surface area contributed by atoms with Gasteiger partial charge >= 0.3 is 0 Å². The molecular weight excluding hydrogens is 326 g/mol. The number of hydrogen-bond donors (Lipinski definition) is 0. The third kappa shape index (κ3) is 2.75. The van der Waals surface area contributed by atoms with Gasteiger partial charge in [-0.15, -0.1) is 0 Å². The molecule has 0 aliphatic rings. The third-order valence-corrected chi connectivity index (χ3v) is 5.09. The summed E-state index contributed by atoms with van der Waals surface area (Å²) in [6.45, 7) is 3.86. The van der Waals surface area contributed by atoms with Crippen LogP contribution in [0.5, 0.6) is 5.75 Å². The lowest BCUT2D eigenvalue weighted by atomic mass is 10.1. The SMILES string of the molecule is COc1c(C)cnc(C[S@@](=O)c2nc3ccccc3n2OC)c1C. The van der Waals surface area contributed by atoms with Gasteiger partial charge in [-0.3, -0.25) is 9.19 Å². The number of benzene rings is 1. The second kappa shape index (κ2) is 6.60. The van der Waals surface area contributed by atoms with E-state index >= 15 is 0 Å². The third-order valence-electron chi connectivity index (χ3n) is 3.89. The molecule has 1 atom stereocenters.